The van der Waals surface area contributed by atoms with Crippen molar-refractivity contribution in [2.75, 3.05) is 13.1 Å². The van der Waals surface area contributed by atoms with E-state index in [2.05, 4.69) is 10.6 Å². The summed E-state index contributed by atoms with van der Waals surface area (Å²) in [5.74, 6) is -1.33. The molecule has 7 heteroatoms. The van der Waals surface area contributed by atoms with Crippen LogP contribution in [-0.4, -0.2) is 41.8 Å². The number of carboxylic acids is 1. The van der Waals surface area contributed by atoms with E-state index in [0.29, 0.717) is 19.5 Å². The summed E-state index contributed by atoms with van der Waals surface area (Å²) in [5, 5.41) is 14.1. The molecule has 7 nitrogen and oxygen atoms in total. The Morgan fingerprint density at radius 3 is 2.00 bits per heavy atom. The van der Waals surface area contributed by atoms with Crippen molar-refractivity contribution >= 4 is 18.0 Å². The average molecular weight is 302 g/mol. The number of rotatable bonds is 7. The molecule has 21 heavy (non-hydrogen) atoms. The molecule has 0 rings (SSSR count). The first-order chi connectivity index (χ1) is 9.44. The van der Waals surface area contributed by atoms with Gasteiger partial charge in [0.15, 0.2) is 0 Å². The molecule has 0 saturated carbocycles. The van der Waals surface area contributed by atoms with Crippen molar-refractivity contribution in [3.8, 4) is 0 Å². The Bertz CT molecular complexity index is 385. The van der Waals surface area contributed by atoms with Gasteiger partial charge in [-0.15, -0.1) is 0 Å². The van der Waals surface area contributed by atoms with Crippen molar-refractivity contribution in [2.24, 2.45) is 5.41 Å². The van der Waals surface area contributed by atoms with Crippen LogP contribution in [0, 0.1) is 5.41 Å². The molecule has 0 unspecified atom stereocenters. The number of carboxylic acid groups (broad SMARTS) is 1. The van der Waals surface area contributed by atoms with Gasteiger partial charge in [-0.2, -0.15) is 0 Å². The summed E-state index contributed by atoms with van der Waals surface area (Å²) in [4.78, 5) is 33.8. The topological polar surface area (TPSA) is 105 Å². The third-order valence-corrected chi connectivity index (χ3v) is 2.53. The lowest BCUT2D eigenvalue weighted by Crippen LogP contribution is -2.36. The average Bonchev–Trinajstić information content (AvgIpc) is 2.24. The van der Waals surface area contributed by atoms with Crippen molar-refractivity contribution in [1.82, 2.24) is 10.6 Å². The monoisotopic (exact) mass is 302 g/mol. The highest BCUT2D eigenvalue weighted by molar-refractivity contribution is 5.84. The summed E-state index contributed by atoms with van der Waals surface area (Å²) < 4.78 is 5.05. The first-order valence-corrected chi connectivity index (χ1v) is 6.91. The number of amides is 2. The summed E-state index contributed by atoms with van der Waals surface area (Å²) in [5.41, 5.74) is -1.63. The minimum Gasteiger partial charge on any atom is -0.481 e. The Morgan fingerprint density at radius 2 is 1.52 bits per heavy atom. The van der Waals surface area contributed by atoms with E-state index in [9.17, 15) is 14.4 Å². The quantitative estimate of drug-likeness (QED) is 0.618. The number of hydrogen-bond donors (Lipinski definition) is 3. The van der Waals surface area contributed by atoms with Crippen LogP contribution in [0.4, 0.5) is 4.79 Å². The molecule has 0 aromatic heterocycles. The van der Waals surface area contributed by atoms with E-state index in [1.54, 1.807) is 20.8 Å². The van der Waals surface area contributed by atoms with Gasteiger partial charge in [0.1, 0.15) is 5.60 Å². The maximum atomic E-state index is 11.6. The van der Waals surface area contributed by atoms with Gasteiger partial charge in [-0.3, -0.25) is 9.59 Å². The third-order valence-electron chi connectivity index (χ3n) is 2.53. The number of carbonyl (C=O) groups is 3. The van der Waals surface area contributed by atoms with E-state index < -0.39 is 23.1 Å². The summed E-state index contributed by atoms with van der Waals surface area (Å²) in [6.45, 7) is 9.06. The maximum Gasteiger partial charge on any atom is 0.407 e. The summed E-state index contributed by atoms with van der Waals surface area (Å²) in [6, 6.07) is 0. The molecule has 0 aromatic carbocycles. The molecule has 0 aliphatic heterocycles. The van der Waals surface area contributed by atoms with Crippen LogP contribution < -0.4 is 10.6 Å². The van der Waals surface area contributed by atoms with Gasteiger partial charge in [0.25, 0.3) is 0 Å². The summed E-state index contributed by atoms with van der Waals surface area (Å²) in [6.07, 6.45) is -0.0406. The Hall–Kier alpha value is -1.79. The first kappa shape index (κ1) is 19.2. The summed E-state index contributed by atoms with van der Waals surface area (Å²) >= 11 is 0. The predicted molar refractivity (Wildman–Crippen MR) is 77.9 cm³/mol. The molecule has 0 aliphatic carbocycles. The van der Waals surface area contributed by atoms with Gasteiger partial charge in [0, 0.05) is 19.5 Å². The van der Waals surface area contributed by atoms with Crippen LogP contribution in [0.5, 0.6) is 0 Å². The second kappa shape index (κ2) is 7.85. The fourth-order valence-electron chi connectivity index (χ4n) is 1.36. The number of alkyl carbamates (subject to hydrolysis) is 1. The second-order valence-electron chi connectivity index (χ2n) is 6.50. The van der Waals surface area contributed by atoms with Gasteiger partial charge in [-0.1, -0.05) is 0 Å². The number of hydrogen-bond acceptors (Lipinski definition) is 4. The lowest BCUT2D eigenvalue weighted by Gasteiger charge is -2.20. The molecule has 0 saturated heterocycles. The van der Waals surface area contributed by atoms with Gasteiger partial charge in [0.05, 0.1) is 5.41 Å². The highest BCUT2D eigenvalue weighted by atomic mass is 16.6. The number of carbonyl (C=O) groups excluding carboxylic acids is 2. The summed E-state index contributed by atoms with van der Waals surface area (Å²) in [7, 11) is 0. The van der Waals surface area contributed by atoms with E-state index in [-0.39, 0.29) is 12.3 Å². The van der Waals surface area contributed by atoms with Crippen molar-refractivity contribution in [2.45, 2.75) is 53.1 Å². The molecule has 0 aromatic rings. The van der Waals surface area contributed by atoms with Crippen LogP contribution in [0.3, 0.4) is 0 Å². The molecule has 0 aliphatic rings. The van der Waals surface area contributed by atoms with E-state index in [4.69, 9.17) is 9.84 Å². The van der Waals surface area contributed by atoms with Crippen LogP contribution in [0.1, 0.15) is 47.5 Å². The second-order valence-corrected chi connectivity index (χ2v) is 6.50. The Labute approximate surface area is 125 Å². The van der Waals surface area contributed by atoms with Crippen molar-refractivity contribution in [3.05, 3.63) is 0 Å². The van der Waals surface area contributed by atoms with Crippen molar-refractivity contribution < 1.29 is 24.2 Å². The Morgan fingerprint density at radius 1 is 1.00 bits per heavy atom. The minimum atomic E-state index is -1.08. The molecular weight excluding hydrogens is 276 g/mol. The van der Waals surface area contributed by atoms with Gasteiger partial charge in [-0.25, -0.2) is 4.79 Å². The standard InChI is InChI=1S/C14H26N2O5/c1-13(2,3)21-12(20)16-8-6-7-15-10(17)9-14(4,5)11(18)19/h6-9H2,1-5H3,(H,15,17)(H,16,20)(H,18,19). The van der Waals surface area contributed by atoms with Gasteiger partial charge >= 0.3 is 12.1 Å². The molecule has 0 heterocycles. The highest BCUT2D eigenvalue weighted by Crippen LogP contribution is 2.19. The zero-order chi connectivity index (χ0) is 16.7. The van der Waals surface area contributed by atoms with Crippen LogP contribution in [0.15, 0.2) is 0 Å². The lowest BCUT2D eigenvalue weighted by molar-refractivity contribution is -0.149. The predicted octanol–water partition coefficient (Wildman–Crippen LogP) is 1.52. The van der Waals surface area contributed by atoms with Crippen LogP contribution in [0.25, 0.3) is 0 Å². The number of nitrogens with one attached hydrogen (secondary N) is 2. The SMILES string of the molecule is CC(C)(C)OC(=O)NCCCNC(=O)CC(C)(C)C(=O)O. The molecule has 0 spiro atoms. The van der Waals surface area contributed by atoms with Crippen molar-refractivity contribution in [3.63, 3.8) is 0 Å². The maximum absolute atomic E-state index is 11.6. The molecule has 0 radical (unpaired) electrons. The fourth-order valence-corrected chi connectivity index (χ4v) is 1.36. The normalized spacial score (nSPS) is 11.7. The van der Waals surface area contributed by atoms with Crippen LogP contribution in [-0.2, 0) is 14.3 Å². The zero-order valence-corrected chi connectivity index (χ0v) is 13.4. The molecule has 0 fully saturated rings. The van der Waals surface area contributed by atoms with Gasteiger partial charge in [0.2, 0.25) is 5.91 Å². The molecular formula is C14H26N2O5. The van der Waals surface area contributed by atoms with E-state index in [1.807, 2.05) is 0 Å². The first-order valence-electron chi connectivity index (χ1n) is 6.91. The van der Waals surface area contributed by atoms with Crippen LogP contribution >= 0.6 is 0 Å². The lowest BCUT2D eigenvalue weighted by atomic mass is 9.89. The zero-order valence-electron chi connectivity index (χ0n) is 13.4. The third kappa shape index (κ3) is 9.70. The molecule has 0 atom stereocenters. The fraction of sp³-hybridized carbons (Fsp3) is 0.786. The van der Waals surface area contributed by atoms with E-state index in [1.165, 1.54) is 13.8 Å². The molecule has 3 N–H and O–H groups in total. The smallest absolute Gasteiger partial charge is 0.407 e. The number of ether oxygens (including phenoxy) is 1. The highest BCUT2D eigenvalue weighted by Gasteiger charge is 2.29. The van der Waals surface area contributed by atoms with Crippen LogP contribution in [0.2, 0.25) is 0 Å². The van der Waals surface area contributed by atoms with Gasteiger partial charge in [-0.05, 0) is 41.0 Å². The number of aliphatic carboxylic acids is 1. The van der Waals surface area contributed by atoms with E-state index in [0.717, 1.165) is 0 Å². The Kier molecular flexibility index (Phi) is 7.18. The van der Waals surface area contributed by atoms with E-state index >= 15 is 0 Å². The Balaban J connectivity index is 3.80. The largest absolute Gasteiger partial charge is 0.481 e. The van der Waals surface area contributed by atoms with Crippen molar-refractivity contribution in [1.29, 1.82) is 0 Å². The minimum absolute atomic E-state index is 0.0815. The molecule has 2 amide bonds. The molecule has 0 bridgehead atoms. The van der Waals surface area contributed by atoms with Gasteiger partial charge < -0.3 is 20.5 Å². The molecule has 122 valence electrons.